The monoisotopic (exact) mass is 546 g/mol. The van der Waals surface area contributed by atoms with Gasteiger partial charge in [-0.15, -0.1) is 0 Å². The first-order valence-electron chi connectivity index (χ1n) is 14.1. The smallest absolute Gasteiger partial charge is 0.309 e. The second kappa shape index (κ2) is 11.6. The minimum atomic E-state index is -0.387. The zero-order chi connectivity index (χ0) is 28.6. The van der Waals surface area contributed by atoms with Gasteiger partial charge in [-0.1, -0.05) is 31.2 Å². The Balaban J connectivity index is 1.48. The lowest BCUT2D eigenvalue weighted by Gasteiger charge is -2.30. The van der Waals surface area contributed by atoms with Crippen LogP contribution in [0.2, 0.25) is 0 Å². The number of carbonyl (C=O) groups is 1. The van der Waals surface area contributed by atoms with E-state index in [2.05, 4.69) is 41.1 Å². The summed E-state index contributed by atoms with van der Waals surface area (Å²) in [4.78, 5) is 18.5. The van der Waals surface area contributed by atoms with Crippen LogP contribution in [0, 0.1) is 17.7 Å². The first kappa shape index (κ1) is 28.1. The lowest BCUT2D eigenvalue weighted by atomic mass is 9.82. The second-order valence-electron chi connectivity index (χ2n) is 11.4. The van der Waals surface area contributed by atoms with Gasteiger partial charge in [0.15, 0.2) is 0 Å². The SMILES string of the molecule is COC(=O)[C@@H](C)[C@H](c1ccc2c(c1)O[C@@H](c1ccc(-c3cc(OC)ncc3F)c([C@H](C)N(C)C)c1)CC2)C1CC1. The van der Waals surface area contributed by atoms with Crippen molar-refractivity contribution in [3.63, 3.8) is 0 Å². The van der Waals surface area contributed by atoms with Crippen molar-refractivity contribution >= 4 is 5.97 Å². The summed E-state index contributed by atoms with van der Waals surface area (Å²) < 4.78 is 32.0. The molecule has 0 saturated heterocycles. The van der Waals surface area contributed by atoms with Crippen molar-refractivity contribution in [1.29, 1.82) is 0 Å². The number of hydrogen-bond acceptors (Lipinski definition) is 6. The molecule has 1 saturated carbocycles. The van der Waals surface area contributed by atoms with E-state index in [0.717, 1.165) is 53.7 Å². The normalized spacial score (nSPS) is 18.9. The van der Waals surface area contributed by atoms with Gasteiger partial charge in [0.2, 0.25) is 5.88 Å². The van der Waals surface area contributed by atoms with Gasteiger partial charge in [0.25, 0.3) is 0 Å². The molecule has 0 radical (unpaired) electrons. The maximum absolute atomic E-state index is 15.0. The number of rotatable bonds is 9. The number of halogens is 1. The molecule has 2 aliphatic rings. The topological polar surface area (TPSA) is 60.9 Å². The molecular formula is C33H39FN2O4. The number of esters is 1. The van der Waals surface area contributed by atoms with E-state index in [1.807, 2.05) is 33.2 Å². The predicted molar refractivity (Wildman–Crippen MR) is 153 cm³/mol. The van der Waals surface area contributed by atoms with Crippen LogP contribution >= 0.6 is 0 Å². The third-order valence-electron chi connectivity index (χ3n) is 8.66. The molecule has 7 heteroatoms. The van der Waals surface area contributed by atoms with Crippen LogP contribution in [0.3, 0.4) is 0 Å². The van der Waals surface area contributed by atoms with Crippen LogP contribution in [0.4, 0.5) is 4.39 Å². The second-order valence-corrected chi connectivity index (χ2v) is 11.4. The third-order valence-corrected chi connectivity index (χ3v) is 8.66. The number of hydrogen-bond donors (Lipinski definition) is 0. The maximum Gasteiger partial charge on any atom is 0.309 e. The molecule has 2 aromatic carbocycles. The molecule has 1 aromatic heterocycles. The summed E-state index contributed by atoms with van der Waals surface area (Å²) in [5, 5.41) is 0. The summed E-state index contributed by atoms with van der Waals surface area (Å²) in [6.45, 7) is 4.08. The zero-order valence-corrected chi connectivity index (χ0v) is 24.2. The standard InChI is InChI=1S/C33H39FN2O4/c1-19(33(37)39-6)32(22-8-9-22)24-10-7-21-12-14-29(40-30(21)16-24)23-11-13-25(26(15-23)20(2)36(3)4)27-17-31(38-5)35-18-28(27)34/h7,10-11,13,15-20,22,29,32H,8-9,12,14H2,1-6H3/t19-,20-,29+,32-/m0/s1. The van der Waals surface area contributed by atoms with Crippen molar-refractivity contribution < 1.29 is 23.4 Å². The van der Waals surface area contributed by atoms with Gasteiger partial charge in [0.1, 0.15) is 17.7 Å². The fourth-order valence-electron chi connectivity index (χ4n) is 5.97. The Labute approximate surface area is 236 Å². The number of methoxy groups -OCH3 is 2. The summed E-state index contributed by atoms with van der Waals surface area (Å²) in [5.41, 5.74) is 5.67. The number of aromatic nitrogens is 1. The van der Waals surface area contributed by atoms with Crippen LogP contribution in [0.1, 0.15) is 73.4 Å². The highest BCUT2D eigenvalue weighted by molar-refractivity contribution is 5.73. The van der Waals surface area contributed by atoms with Crippen LogP contribution in [-0.2, 0) is 16.0 Å². The summed E-state index contributed by atoms with van der Waals surface area (Å²) >= 11 is 0. The van der Waals surface area contributed by atoms with E-state index in [0.29, 0.717) is 17.4 Å². The minimum absolute atomic E-state index is 0.0371. The molecule has 0 bridgehead atoms. The van der Waals surface area contributed by atoms with Crippen molar-refractivity contribution in [1.82, 2.24) is 9.88 Å². The van der Waals surface area contributed by atoms with Gasteiger partial charge in [-0.25, -0.2) is 9.37 Å². The first-order chi connectivity index (χ1) is 19.2. The van der Waals surface area contributed by atoms with E-state index in [1.165, 1.54) is 26.0 Å². The Morgan fingerprint density at radius 3 is 2.50 bits per heavy atom. The number of benzene rings is 2. The van der Waals surface area contributed by atoms with Gasteiger partial charge < -0.3 is 19.1 Å². The molecule has 0 spiro atoms. The van der Waals surface area contributed by atoms with Gasteiger partial charge in [-0.3, -0.25) is 4.79 Å². The maximum atomic E-state index is 15.0. The summed E-state index contributed by atoms with van der Waals surface area (Å²) in [6, 6.07) is 14.3. The highest BCUT2D eigenvalue weighted by atomic mass is 19.1. The Bertz CT molecular complexity index is 1390. The number of aryl methyl sites for hydroxylation is 1. The van der Waals surface area contributed by atoms with Crippen LogP contribution in [0.5, 0.6) is 11.6 Å². The van der Waals surface area contributed by atoms with Gasteiger partial charge >= 0.3 is 5.97 Å². The van der Waals surface area contributed by atoms with E-state index >= 15 is 0 Å². The van der Waals surface area contributed by atoms with Gasteiger partial charge in [-0.05, 0) is 98.5 Å². The van der Waals surface area contributed by atoms with Crippen LogP contribution in [-0.4, -0.2) is 44.2 Å². The molecule has 1 aliphatic heterocycles. The van der Waals surface area contributed by atoms with Gasteiger partial charge in [0, 0.05) is 17.7 Å². The summed E-state index contributed by atoms with van der Waals surface area (Å²) in [7, 11) is 7.03. The van der Waals surface area contributed by atoms with E-state index in [-0.39, 0.29) is 35.8 Å². The zero-order valence-electron chi connectivity index (χ0n) is 24.2. The molecule has 1 fully saturated rings. The highest BCUT2D eigenvalue weighted by Gasteiger charge is 2.39. The highest BCUT2D eigenvalue weighted by Crippen LogP contribution is 2.48. The average Bonchev–Trinajstić information content (AvgIpc) is 3.81. The summed E-state index contributed by atoms with van der Waals surface area (Å²) in [5.74, 6) is 1.12. The van der Waals surface area contributed by atoms with Gasteiger partial charge in [0.05, 0.1) is 26.3 Å². The molecule has 40 heavy (non-hydrogen) atoms. The van der Waals surface area contributed by atoms with E-state index in [4.69, 9.17) is 14.2 Å². The van der Waals surface area contributed by atoms with Crippen molar-refractivity contribution in [3.8, 4) is 22.8 Å². The first-order valence-corrected chi connectivity index (χ1v) is 14.1. The van der Waals surface area contributed by atoms with Crippen molar-refractivity contribution in [2.24, 2.45) is 11.8 Å². The number of carbonyl (C=O) groups excluding carboxylic acids is 1. The number of pyridine rings is 1. The van der Waals surface area contributed by atoms with Crippen molar-refractivity contribution in [3.05, 3.63) is 76.7 Å². The fourth-order valence-corrected chi connectivity index (χ4v) is 5.97. The quantitative estimate of drug-likeness (QED) is 0.273. The molecule has 2 heterocycles. The van der Waals surface area contributed by atoms with Crippen molar-refractivity contribution in [2.75, 3.05) is 28.3 Å². The average molecular weight is 547 g/mol. The van der Waals surface area contributed by atoms with Crippen LogP contribution < -0.4 is 9.47 Å². The van der Waals surface area contributed by atoms with E-state index in [9.17, 15) is 9.18 Å². The molecular weight excluding hydrogens is 507 g/mol. The number of ether oxygens (including phenoxy) is 3. The van der Waals surface area contributed by atoms with E-state index < -0.39 is 0 Å². The molecule has 6 nitrogen and oxygen atoms in total. The largest absolute Gasteiger partial charge is 0.485 e. The summed E-state index contributed by atoms with van der Waals surface area (Å²) in [6.07, 6.45) is 5.10. The molecule has 1 aliphatic carbocycles. The molecule has 4 atom stereocenters. The molecule has 0 unspecified atom stereocenters. The molecule has 0 amide bonds. The molecule has 5 rings (SSSR count). The Kier molecular flexibility index (Phi) is 8.13. The predicted octanol–water partition coefficient (Wildman–Crippen LogP) is 6.89. The van der Waals surface area contributed by atoms with E-state index in [1.54, 1.807) is 6.07 Å². The molecule has 212 valence electrons. The van der Waals surface area contributed by atoms with Crippen LogP contribution in [0.15, 0.2) is 48.7 Å². The number of nitrogens with zero attached hydrogens (tertiary/aromatic N) is 2. The van der Waals surface area contributed by atoms with Crippen LogP contribution in [0.25, 0.3) is 11.1 Å². The third kappa shape index (κ3) is 5.57. The molecule has 0 N–H and O–H groups in total. The van der Waals surface area contributed by atoms with Crippen molar-refractivity contribution in [2.45, 2.75) is 57.6 Å². The minimum Gasteiger partial charge on any atom is -0.485 e. The lowest BCUT2D eigenvalue weighted by molar-refractivity contribution is -0.145. The Morgan fingerprint density at radius 1 is 1.05 bits per heavy atom. The lowest BCUT2D eigenvalue weighted by Crippen LogP contribution is -2.23. The number of fused-ring (bicyclic) bond motifs is 1. The fraction of sp³-hybridized carbons (Fsp3) is 0.455. The Morgan fingerprint density at radius 2 is 1.82 bits per heavy atom. The molecule has 3 aromatic rings. The van der Waals surface area contributed by atoms with Gasteiger partial charge in [-0.2, -0.15) is 0 Å². The Hall–Kier alpha value is -3.45.